The standard InChI is InChI=1S/C18H26N2O4/c1-13-9-14(2)11-15(10-13)24-8-7-19(3)17(21)12-20-6-4-5-16(20)18(22)23/h9-11,16H,4-8,12H2,1-3H3,(H,22,23)/t16-/m1/s1. The normalized spacial score (nSPS) is 17.7. The van der Waals surface area contributed by atoms with E-state index < -0.39 is 12.0 Å². The van der Waals surface area contributed by atoms with Gasteiger partial charge < -0.3 is 14.7 Å². The van der Waals surface area contributed by atoms with Crippen LogP contribution in [0.1, 0.15) is 24.0 Å². The number of carboxylic acid groups (broad SMARTS) is 1. The molecule has 0 bridgehead atoms. The lowest BCUT2D eigenvalue weighted by molar-refractivity contribution is -0.143. The number of benzene rings is 1. The molecule has 1 fully saturated rings. The first-order valence-electron chi connectivity index (χ1n) is 8.28. The number of carboxylic acids is 1. The third-order valence-corrected chi connectivity index (χ3v) is 4.30. The summed E-state index contributed by atoms with van der Waals surface area (Å²) in [6, 6.07) is 5.48. The van der Waals surface area contributed by atoms with Crippen LogP contribution in [0, 0.1) is 13.8 Å². The summed E-state index contributed by atoms with van der Waals surface area (Å²) in [6.07, 6.45) is 1.44. The van der Waals surface area contributed by atoms with Crippen LogP contribution >= 0.6 is 0 Å². The van der Waals surface area contributed by atoms with Crippen molar-refractivity contribution in [1.82, 2.24) is 9.80 Å². The molecule has 1 N–H and O–H groups in total. The van der Waals surface area contributed by atoms with Gasteiger partial charge in [-0.05, 0) is 56.5 Å². The summed E-state index contributed by atoms with van der Waals surface area (Å²) in [5, 5.41) is 9.16. The van der Waals surface area contributed by atoms with Crippen molar-refractivity contribution in [3.8, 4) is 5.75 Å². The zero-order valence-corrected chi connectivity index (χ0v) is 14.6. The molecule has 1 saturated heterocycles. The minimum absolute atomic E-state index is 0.0767. The Bertz CT molecular complexity index is 582. The molecule has 2 rings (SSSR count). The average molecular weight is 334 g/mol. The summed E-state index contributed by atoms with van der Waals surface area (Å²) in [4.78, 5) is 26.8. The number of amides is 1. The Balaban J connectivity index is 1.78. The Kier molecular flexibility index (Phi) is 6.20. The number of carbonyl (C=O) groups is 2. The first-order chi connectivity index (χ1) is 11.4. The maximum Gasteiger partial charge on any atom is 0.320 e. The van der Waals surface area contributed by atoms with Crippen molar-refractivity contribution in [2.45, 2.75) is 32.7 Å². The maximum atomic E-state index is 12.3. The molecular weight excluding hydrogens is 308 g/mol. The van der Waals surface area contributed by atoms with Crippen LogP contribution in [0.3, 0.4) is 0 Å². The van der Waals surface area contributed by atoms with Gasteiger partial charge in [-0.15, -0.1) is 0 Å². The summed E-state index contributed by atoms with van der Waals surface area (Å²) in [6.45, 7) is 5.73. The van der Waals surface area contributed by atoms with Crippen molar-refractivity contribution in [2.75, 3.05) is 33.3 Å². The molecule has 6 nitrogen and oxygen atoms in total. The lowest BCUT2D eigenvalue weighted by Gasteiger charge is -2.24. The second-order valence-corrected chi connectivity index (χ2v) is 6.45. The highest BCUT2D eigenvalue weighted by Crippen LogP contribution is 2.18. The molecule has 1 amide bonds. The molecule has 1 aliphatic rings. The van der Waals surface area contributed by atoms with E-state index in [1.54, 1.807) is 16.8 Å². The number of aliphatic carboxylic acids is 1. The second-order valence-electron chi connectivity index (χ2n) is 6.45. The fourth-order valence-electron chi connectivity index (χ4n) is 3.03. The second kappa shape index (κ2) is 8.15. The third-order valence-electron chi connectivity index (χ3n) is 4.30. The zero-order valence-electron chi connectivity index (χ0n) is 14.6. The summed E-state index contributed by atoms with van der Waals surface area (Å²) in [5.41, 5.74) is 2.28. The zero-order chi connectivity index (χ0) is 17.7. The summed E-state index contributed by atoms with van der Waals surface area (Å²) in [5.74, 6) is -0.118. The van der Waals surface area contributed by atoms with E-state index in [1.807, 2.05) is 26.0 Å². The number of hydrogen-bond donors (Lipinski definition) is 1. The van der Waals surface area contributed by atoms with Gasteiger partial charge in [0, 0.05) is 7.05 Å². The first-order valence-corrected chi connectivity index (χ1v) is 8.28. The van der Waals surface area contributed by atoms with Crippen LogP contribution in [-0.2, 0) is 9.59 Å². The van der Waals surface area contributed by atoms with Gasteiger partial charge in [-0.25, -0.2) is 0 Å². The van der Waals surface area contributed by atoms with Crippen molar-refractivity contribution in [3.05, 3.63) is 29.3 Å². The van der Waals surface area contributed by atoms with E-state index in [0.29, 0.717) is 26.1 Å². The highest BCUT2D eigenvalue weighted by atomic mass is 16.5. The van der Waals surface area contributed by atoms with Crippen molar-refractivity contribution < 1.29 is 19.4 Å². The number of rotatable bonds is 7. The van der Waals surface area contributed by atoms with Gasteiger partial charge in [-0.3, -0.25) is 14.5 Å². The van der Waals surface area contributed by atoms with Crippen LogP contribution in [0.25, 0.3) is 0 Å². The van der Waals surface area contributed by atoms with Crippen molar-refractivity contribution >= 4 is 11.9 Å². The van der Waals surface area contributed by atoms with E-state index >= 15 is 0 Å². The van der Waals surface area contributed by atoms with Gasteiger partial charge in [0.25, 0.3) is 0 Å². The molecule has 1 heterocycles. The number of likely N-dealkylation sites (tertiary alicyclic amines) is 1. The van der Waals surface area contributed by atoms with Crippen LogP contribution in [0.5, 0.6) is 5.75 Å². The minimum Gasteiger partial charge on any atom is -0.492 e. The molecule has 0 spiro atoms. The highest BCUT2D eigenvalue weighted by molar-refractivity contribution is 5.80. The van der Waals surface area contributed by atoms with Crippen LogP contribution in [0.2, 0.25) is 0 Å². The molecule has 0 aliphatic carbocycles. The van der Waals surface area contributed by atoms with E-state index in [4.69, 9.17) is 9.84 Å². The van der Waals surface area contributed by atoms with E-state index in [0.717, 1.165) is 23.3 Å². The molecule has 1 aromatic rings. The fraction of sp³-hybridized carbons (Fsp3) is 0.556. The van der Waals surface area contributed by atoms with Gasteiger partial charge >= 0.3 is 5.97 Å². The van der Waals surface area contributed by atoms with Crippen LogP contribution in [-0.4, -0.2) is 66.1 Å². The average Bonchev–Trinajstić information content (AvgIpc) is 2.94. The number of likely N-dealkylation sites (N-methyl/N-ethyl adjacent to an activating group) is 1. The fourth-order valence-corrected chi connectivity index (χ4v) is 3.03. The molecule has 0 aromatic heterocycles. The Morgan fingerprint density at radius 2 is 1.96 bits per heavy atom. The van der Waals surface area contributed by atoms with Crippen molar-refractivity contribution in [2.24, 2.45) is 0 Å². The Morgan fingerprint density at radius 3 is 2.58 bits per heavy atom. The van der Waals surface area contributed by atoms with E-state index in [1.165, 1.54) is 0 Å². The van der Waals surface area contributed by atoms with Gasteiger partial charge in [0.1, 0.15) is 18.4 Å². The Hall–Kier alpha value is -2.08. The van der Waals surface area contributed by atoms with E-state index in [9.17, 15) is 9.59 Å². The lowest BCUT2D eigenvalue weighted by atomic mass is 10.1. The van der Waals surface area contributed by atoms with Gasteiger partial charge in [-0.2, -0.15) is 0 Å². The van der Waals surface area contributed by atoms with Gasteiger partial charge in [0.15, 0.2) is 0 Å². The molecule has 1 aromatic carbocycles. The topological polar surface area (TPSA) is 70.1 Å². The molecule has 0 unspecified atom stereocenters. The lowest BCUT2D eigenvalue weighted by Crippen LogP contribution is -2.44. The van der Waals surface area contributed by atoms with E-state index in [2.05, 4.69) is 6.07 Å². The summed E-state index contributed by atoms with van der Waals surface area (Å²) >= 11 is 0. The monoisotopic (exact) mass is 334 g/mol. The molecular formula is C18H26N2O4. The molecule has 1 aliphatic heterocycles. The van der Waals surface area contributed by atoms with Crippen LogP contribution < -0.4 is 4.74 Å². The largest absolute Gasteiger partial charge is 0.492 e. The number of carbonyl (C=O) groups excluding carboxylic acids is 1. The van der Waals surface area contributed by atoms with Crippen LogP contribution in [0.4, 0.5) is 0 Å². The smallest absolute Gasteiger partial charge is 0.320 e. The van der Waals surface area contributed by atoms with Gasteiger partial charge in [0.2, 0.25) is 5.91 Å². The van der Waals surface area contributed by atoms with E-state index in [-0.39, 0.29) is 12.5 Å². The van der Waals surface area contributed by atoms with Crippen molar-refractivity contribution in [1.29, 1.82) is 0 Å². The summed E-state index contributed by atoms with van der Waals surface area (Å²) < 4.78 is 5.72. The molecule has 0 radical (unpaired) electrons. The predicted octanol–water partition coefficient (Wildman–Crippen LogP) is 1.69. The maximum absolute atomic E-state index is 12.3. The number of ether oxygens (including phenoxy) is 1. The number of aryl methyl sites for hydroxylation is 2. The SMILES string of the molecule is Cc1cc(C)cc(OCCN(C)C(=O)CN2CCC[C@@H]2C(=O)O)c1. The third kappa shape index (κ3) is 4.96. The predicted molar refractivity (Wildman–Crippen MR) is 91.3 cm³/mol. The molecule has 6 heteroatoms. The Morgan fingerprint density at radius 1 is 1.29 bits per heavy atom. The Labute approximate surface area is 143 Å². The van der Waals surface area contributed by atoms with Gasteiger partial charge in [-0.1, -0.05) is 6.07 Å². The highest BCUT2D eigenvalue weighted by Gasteiger charge is 2.32. The number of nitrogens with zero attached hydrogens (tertiary/aromatic N) is 2. The quantitative estimate of drug-likeness (QED) is 0.822. The molecule has 132 valence electrons. The molecule has 1 atom stereocenters. The van der Waals surface area contributed by atoms with Crippen LogP contribution in [0.15, 0.2) is 18.2 Å². The first kappa shape index (κ1) is 18.3. The number of hydrogen-bond acceptors (Lipinski definition) is 4. The van der Waals surface area contributed by atoms with Gasteiger partial charge in [0.05, 0.1) is 13.1 Å². The van der Waals surface area contributed by atoms with Crippen molar-refractivity contribution in [3.63, 3.8) is 0 Å². The molecule has 0 saturated carbocycles. The summed E-state index contributed by atoms with van der Waals surface area (Å²) in [7, 11) is 1.72. The minimum atomic E-state index is -0.846. The molecule has 24 heavy (non-hydrogen) atoms.